The predicted octanol–water partition coefficient (Wildman–Crippen LogP) is 3.82. The first-order valence-corrected chi connectivity index (χ1v) is 8.59. The SMILES string of the molecule is Cc1nnc(NC(=O)c2cc3c(s2)CCCCCC3)s1. The van der Waals surface area contributed by atoms with Crippen molar-refractivity contribution in [3.63, 3.8) is 0 Å². The summed E-state index contributed by atoms with van der Waals surface area (Å²) in [6.07, 6.45) is 7.32. The number of carbonyl (C=O) groups is 1. The van der Waals surface area contributed by atoms with Gasteiger partial charge >= 0.3 is 0 Å². The van der Waals surface area contributed by atoms with E-state index in [1.54, 1.807) is 11.3 Å². The second kappa shape index (κ2) is 6.01. The molecule has 2 heterocycles. The summed E-state index contributed by atoms with van der Waals surface area (Å²) < 4.78 is 0. The zero-order valence-electron chi connectivity index (χ0n) is 11.4. The van der Waals surface area contributed by atoms with Crippen LogP contribution in [0.25, 0.3) is 0 Å². The van der Waals surface area contributed by atoms with Crippen molar-refractivity contribution >= 4 is 33.7 Å². The molecule has 0 unspecified atom stereocenters. The van der Waals surface area contributed by atoms with E-state index >= 15 is 0 Å². The molecule has 20 heavy (non-hydrogen) atoms. The van der Waals surface area contributed by atoms with Crippen LogP contribution in [0.5, 0.6) is 0 Å². The lowest BCUT2D eigenvalue weighted by Crippen LogP contribution is -2.09. The molecule has 0 aromatic carbocycles. The van der Waals surface area contributed by atoms with Crippen molar-refractivity contribution in [2.75, 3.05) is 5.32 Å². The van der Waals surface area contributed by atoms with Crippen molar-refractivity contribution < 1.29 is 4.79 Å². The number of hydrogen-bond acceptors (Lipinski definition) is 5. The van der Waals surface area contributed by atoms with Gasteiger partial charge in [-0.05, 0) is 44.2 Å². The number of carbonyl (C=O) groups excluding carboxylic acids is 1. The molecule has 0 atom stereocenters. The normalized spacial score (nSPS) is 15.2. The summed E-state index contributed by atoms with van der Waals surface area (Å²) in [4.78, 5) is 14.4. The molecule has 0 saturated heterocycles. The molecule has 0 saturated carbocycles. The zero-order valence-corrected chi connectivity index (χ0v) is 13.1. The Hall–Kier alpha value is -1.27. The van der Waals surface area contributed by atoms with Gasteiger partial charge in [-0.1, -0.05) is 24.2 Å². The first kappa shape index (κ1) is 13.7. The van der Waals surface area contributed by atoms with Crippen LogP contribution in [0.15, 0.2) is 6.07 Å². The second-order valence-electron chi connectivity index (χ2n) is 5.05. The van der Waals surface area contributed by atoms with E-state index in [2.05, 4.69) is 21.6 Å². The Labute approximate surface area is 126 Å². The molecule has 0 fully saturated rings. The average Bonchev–Trinajstić information content (AvgIpc) is 2.96. The number of fused-ring (bicyclic) bond motifs is 1. The van der Waals surface area contributed by atoms with Crippen LogP contribution in [0.3, 0.4) is 0 Å². The van der Waals surface area contributed by atoms with Gasteiger partial charge in [0.15, 0.2) is 0 Å². The average molecular weight is 307 g/mol. The fraction of sp³-hybridized carbons (Fsp3) is 0.500. The Morgan fingerprint density at radius 2 is 1.95 bits per heavy atom. The van der Waals surface area contributed by atoms with E-state index in [4.69, 9.17) is 0 Å². The number of hydrogen-bond donors (Lipinski definition) is 1. The first-order valence-electron chi connectivity index (χ1n) is 6.95. The van der Waals surface area contributed by atoms with Crippen molar-refractivity contribution in [1.29, 1.82) is 0 Å². The molecule has 106 valence electrons. The Morgan fingerprint density at radius 3 is 2.70 bits per heavy atom. The number of aromatic nitrogens is 2. The molecule has 0 radical (unpaired) electrons. The Balaban J connectivity index is 1.76. The van der Waals surface area contributed by atoms with Crippen LogP contribution in [0.2, 0.25) is 0 Å². The monoisotopic (exact) mass is 307 g/mol. The third kappa shape index (κ3) is 3.07. The van der Waals surface area contributed by atoms with Gasteiger partial charge in [-0.3, -0.25) is 10.1 Å². The van der Waals surface area contributed by atoms with Crippen LogP contribution < -0.4 is 5.32 Å². The zero-order chi connectivity index (χ0) is 13.9. The van der Waals surface area contributed by atoms with Gasteiger partial charge in [0, 0.05) is 4.88 Å². The Bertz CT molecular complexity index is 592. The van der Waals surface area contributed by atoms with Crippen molar-refractivity contribution in [3.05, 3.63) is 26.4 Å². The standard InChI is InChI=1S/C14H17N3OS2/c1-9-16-17-14(19-9)15-13(18)12-8-10-6-4-2-3-5-7-11(10)20-12/h8H,2-7H2,1H3,(H,15,17,18). The molecule has 2 aromatic rings. The number of nitrogens with zero attached hydrogens (tertiary/aromatic N) is 2. The quantitative estimate of drug-likeness (QED) is 0.917. The molecule has 1 aliphatic carbocycles. The fourth-order valence-corrected chi connectivity index (χ4v) is 4.20. The first-order chi connectivity index (χ1) is 9.72. The molecule has 0 bridgehead atoms. The maximum atomic E-state index is 12.3. The lowest BCUT2D eigenvalue weighted by molar-refractivity contribution is 0.103. The summed E-state index contributed by atoms with van der Waals surface area (Å²) >= 11 is 3.04. The lowest BCUT2D eigenvalue weighted by atomic mass is 10.00. The third-order valence-corrected chi connectivity index (χ3v) is 5.46. The summed E-state index contributed by atoms with van der Waals surface area (Å²) in [5, 5.41) is 12.1. The molecule has 4 nitrogen and oxygen atoms in total. The Kier molecular flexibility index (Phi) is 4.12. The van der Waals surface area contributed by atoms with Gasteiger partial charge in [-0.25, -0.2) is 0 Å². The van der Waals surface area contributed by atoms with Gasteiger partial charge in [0.2, 0.25) is 5.13 Å². The van der Waals surface area contributed by atoms with Crippen LogP contribution in [-0.2, 0) is 12.8 Å². The van der Waals surface area contributed by atoms with Crippen LogP contribution >= 0.6 is 22.7 Å². The van der Waals surface area contributed by atoms with Crippen molar-refractivity contribution in [2.45, 2.75) is 45.4 Å². The Morgan fingerprint density at radius 1 is 1.15 bits per heavy atom. The maximum absolute atomic E-state index is 12.3. The minimum Gasteiger partial charge on any atom is -0.296 e. The van der Waals surface area contributed by atoms with Crippen molar-refractivity contribution in [3.8, 4) is 0 Å². The van der Waals surface area contributed by atoms with E-state index in [0.29, 0.717) is 5.13 Å². The highest BCUT2D eigenvalue weighted by molar-refractivity contribution is 7.16. The molecular formula is C14H17N3OS2. The van der Waals surface area contributed by atoms with E-state index < -0.39 is 0 Å². The van der Waals surface area contributed by atoms with Gasteiger partial charge < -0.3 is 0 Å². The van der Waals surface area contributed by atoms with Crippen LogP contribution in [0, 0.1) is 6.92 Å². The number of rotatable bonds is 2. The highest BCUT2D eigenvalue weighted by Crippen LogP contribution is 2.29. The molecule has 1 aliphatic rings. The second-order valence-corrected chi connectivity index (χ2v) is 7.37. The van der Waals surface area contributed by atoms with E-state index in [-0.39, 0.29) is 5.91 Å². The van der Waals surface area contributed by atoms with E-state index in [0.717, 1.165) is 22.7 Å². The van der Waals surface area contributed by atoms with Gasteiger partial charge in [-0.2, -0.15) is 0 Å². The van der Waals surface area contributed by atoms with Gasteiger partial charge in [-0.15, -0.1) is 21.5 Å². The molecule has 0 spiro atoms. The number of nitrogens with one attached hydrogen (secondary N) is 1. The van der Waals surface area contributed by atoms with E-state index in [1.807, 2.05) is 6.92 Å². The summed E-state index contributed by atoms with van der Waals surface area (Å²) in [5.41, 5.74) is 1.37. The summed E-state index contributed by atoms with van der Waals surface area (Å²) in [7, 11) is 0. The topological polar surface area (TPSA) is 54.9 Å². The van der Waals surface area contributed by atoms with E-state index in [1.165, 1.54) is 47.5 Å². The molecule has 1 N–H and O–H groups in total. The summed E-state index contributed by atoms with van der Waals surface area (Å²) in [6, 6.07) is 2.06. The van der Waals surface area contributed by atoms with Crippen molar-refractivity contribution in [1.82, 2.24) is 10.2 Å². The smallest absolute Gasteiger partial charge is 0.267 e. The molecule has 2 aromatic heterocycles. The highest BCUT2D eigenvalue weighted by atomic mass is 32.1. The van der Waals surface area contributed by atoms with E-state index in [9.17, 15) is 4.79 Å². The molecule has 3 rings (SSSR count). The number of anilines is 1. The highest BCUT2D eigenvalue weighted by Gasteiger charge is 2.16. The van der Waals surface area contributed by atoms with Crippen molar-refractivity contribution in [2.24, 2.45) is 0 Å². The lowest BCUT2D eigenvalue weighted by Gasteiger charge is -2.07. The number of amides is 1. The fourth-order valence-electron chi connectivity index (χ4n) is 2.46. The molecule has 1 amide bonds. The maximum Gasteiger partial charge on any atom is 0.267 e. The van der Waals surface area contributed by atoms with Gasteiger partial charge in [0.1, 0.15) is 5.01 Å². The van der Waals surface area contributed by atoms with Gasteiger partial charge in [0.05, 0.1) is 4.88 Å². The molecular weight excluding hydrogens is 290 g/mol. The largest absolute Gasteiger partial charge is 0.296 e. The minimum absolute atomic E-state index is 0.0575. The third-order valence-electron chi connectivity index (χ3n) is 3.47. The number of aryl methyl sites for hydroxylation is 3. The van der Waals surface area contributed by atoms with Crippen LogP contribution in [0.1, 0.15) is 50.8 Å². The van der Waals surface area contributed by atoms with Crippen LogP contribution in [0.4, 0.5) is 5.13 Å². The summed E-state index contributed by atoms with van der Waals surface area (Å²) in [5.74, 6) is -0.0575. The van der Waals surface area contributed by atoms with Crippen LogP contribution in [-0.4, -0.2) is 16.1 Å². The number of thiophene rings is 1. The molecule has 0 aliphatic heterocycles. The summed E-state index contributed by atoms with van der Waals surface area (Å²) in [6.45, 7) is 1.88. The predicted molar refractivity (Wildman–Crippen MR) is 82.8 cm³/mol. The van der Waals surface area contributed by atoms with Gasteiger partial charge in [0.25, 0.3) is 5.91 Å². The minimum atomic E-state index is -0.0575. The molecule has 6 heteroatoms.